The van der Waals surface area contributed by atoms with Crippen molar-refractivity contribution in [1.29, 1.82) is 0 Å². The summed E-state index contributed by atoms with van der Waals surface area (Å²) in [5.74, 6) is 0.0168. The number of carbonyl (C=O) groups is 2. The normalized spacial score (nSPS) is 16.0. The predicted octanol–water partition coefficient (Wildman–Crippen LogP) is 4.72. The molecule has 0 bridgehead atoms. The first-order chi connectivity index (χ1) is 14.5. The molecule has 30 heavy (non-hydrogen) atoms. The molecule has 0 saturated carbocycles. The van der Waals surface area contributed by atoms with Crippen LogP contribution in [-0.2, 0) is 4.79 Å². The molecule has 154 valence electrons. The Morgan fingerprint density at radius 3 is 2.77 bits per heavy atom. The van der Waals surface area contributed by atoms with E-state index in [9.17, 15) is 14.0 Å². The number of anilines is 1. The number of hydrogen-bond donors (Lipinski definition) is 1. The van der Waals surface area contributed by atoms with Crippen molar-refractivity contribution in [2.45, 2.75) is 19.9 Å². The van der Waals surface area contributed by atoms with Crippen LogP contribution in [-0.4, -0.2) is 39.4 Å². The number of aromatic nitrogens is 1. The summed E-state index contributed by atoms with van der Waals surface area (Å²) in [6, 6.07) is 11.5. The van der Waals surface area contributed by atoms with E-state index in [-0.39, 0.29) is 23.3 Å². The Labute approximate surface area is 182 Å². The van der Waals surface area contributed by atoms with Crippen LogP contribution in [0.1, 0.15) is 21.6 Å². The number of halogens is 1. The largest absolute Gasteiger partial charge is 0.324 e. The van der Waals surface area contributed by atoms with Crippen LogP contribution in [0.4, 0.5) is 10.1 Å². The third kappa shape index (κ3) is 3.97. The van der Waals surface area contributed by atoms with Gasteiger partial charge in [-0.2, -0.15) is 0 Å². The summed E-state index contributed by atoms with van der Waals surface area (Å²) in [4.78, 5) is 31.8. The summed E-state index contributed by atoms with van der Waals surface area (Å²) in [6.45, 7) is 3.94. The average Bonchev–Trinajstić information content (AvgIpc) is 3.41. The van der Waals surface area contributed by atoms with Crippen LogP contribution in [0.5, 0.6) is 0 Å². The summed E-state index contributed by atoms with van der Waals surface area (Å²) < 4.78 is 14.0. The van der Waals surface area contributed by atoms with Crippen LogP contribution in [0, 0.1) is 19.7 Å². The number of hydrogen-bond acceptors (Lipinski definition) is 5. The number of benzene rings is 2. The summed E-state index contributed by atoms with van der Waals surface area (Å²) >= 11 is 2.74. The first-order valence-corrected chi connectivity index (χ1v) is 11.5. The zero-order valence-electron chi connectivity index (χ0n) is 16.5. The van der Waals surface area contributed by atoms with Crippen LogP contribution in [0.25, 0.3) is 10.6 Å². The van der Waals surface area contributed by atoms with Crippen molar-refractivity contribution in [3.63, 3.8) is 0 Å². The van der Waals surface area contributed by atoms with Gasteiger partial charge < -0.3 is 10.2 Å². The first kappa shape index (κ1) is 20.6. The molecular weight excluding hydrogens is 421 g/mol. The molecule has 4 rings (SSSR count). The quantitative estimate of drug-likeness (QED) is 0.636. The van der Waals surface area contributed by atoms with Crippen molar-refractivity contribution in [2.75, 3.05) is 16.9 Å². The lowest BCUT2D eigenvalue weighted by molar-refractivity contribution is -0.119. The van der Waals surface area contributed by atoms with Crippen molar-refractivity contribution in [3.8, 4) is 10.6 Å². The van der Waals surface area contributed by atoms with Gasteiger partial charge in [0.1, 0.15) is 22.6 Å². The standard InChI is InChI=1S/C22H20FN3O2S2/c1-13-6-5-9-17(14(13)2)24-20(27)19-11-29-12-26(19)22(28)18-10-30-21(25-18)15-7-3-4-8-16(15)23/h3-10,19H,11-12H2,1-2H3,(H,24,27). The Balaban J connectivity index is 1.52. The van der Waals surface area contributed by atoms with Gasteiger partial charge in [0.2, 0.25) is 5.91 Å². The smallest absolute Gasteiger partial charge is 0.274 e. The van der Waals surface area contributed by atoms with Gasteiger partial charge in [-0.15, -0.1) is 23.1 Å². The minimum atomic E-state index is -0.582. The molecule has 1 aromatic heterocycles. The van der Waals surface area contributed by atoms with E-state index in [1.54, 1.807) is 23.6 Å². The average molecular weight is 442 g/mol. The van der Waals surface area contributed by atoms with E-state index in [0.717, 1.165) is 16.8 Å². The molecule has 2 heterocycles. The Kier molecular flexibility index (Phi) is 5.87. The molecule has 2 amide bonds. The predicted molar refractivity (Wildman–Crippen MR) is 119 cm³/mol. The van der Waals surface area contributed by atoms with Crippen molar-refractivity contribution in [3.05, 3.63) is 70.5 Å². The lowest BCUT2D eigenvalue weighted by Gasteiger charge is -2.23. The maximum atomic E-state index is 14.0. The van der Waals surface area contributed by atoms with Crippen molar-refractivity contribution >= 4 is 40.6 Å². The molecule has 0 spiro atoms. The van der Waals surface area contributed by atoms with Gasteiger partial charge in [0.15, 0.2) is 0 Å². The third-order valence-corrected chi connectivity index (χ3v) is 7.02. The van der Waals surface area contributed by atoms with Crippen LogP contribution in [0.3, 0.4) is 0 Å². The zero-order valence-corrected chi connectivity index (χ0v) is 18.1. The van der Waals surface area contributed by atoms with Gasteiger partial charge in [0.05, 0.1) is 5.88 Å². The summed E-state index contributed by atoms with van der Waals surface area (Å²) in [5.41, 5.74) is 3.43. The maximum Gasteiger partial charge on any atom is 0.274 e. The molecule has 1 fully saturated rings. The van der Waals surface area contributed by atoms with Crippen molar-refractivity contribution in [2.24, 2.45) is 0 Å². The van der Waals surface area contributed by atoms with E-state index in [1.165, 1.54) is 34.1 Å². The molecule has 1 unspecified atom stereocenters. The molecule has 1 saturated heterocycles. The highest BCUT2D eigenvalue weighted by Crippen LogP contribution is 2.29. The number of aryl methyl sites for hydroxylation is 1. The van der Waals surface area contributed by atoms with Gasteiger partial charge in [-0.25, -0.2) is 9.37 Å². The number of rotatable bonds is 4. The molecule has 0 aliphatic carbocycles. The van der Waals surface area contributed by atoms with Gasteiger partial charge in [0, 0.05) is 22.4 Å². The second-order valence-electron chi connectivity index (χ2n) is 7.05. The number of thioether (sulfide) groups is 1. The zero-order chi connectivity index (χ0) is 21.3. The number of thiazole rings is 1. The molecule has 1 aliphatic heterocycles. The Hall–Kier alpha value is -2.71. The Morgan fingerprint density at radius 2 is 1.97 bits per heavy atom. The number of nitrogens with one attached hydrogen (secondary N) is 1. The number of nitrogens with zero attached hydrogens (tertiary/aromatic N) is 2. The van der Waals surface area contributed by atoms with E-state index >= 15 is 0 Å². The first-order valence-electron chi connectivity index (χ1n) is 9.42. The van der Waals surface area contributed by atoms with Crippen LogP contribution >= 0.6 is 23.1 Å². The van der Waals surface area contributed by atoms with E-state index in [0.29, 0.717) is 22.2 Å². The summed E-state index contributed by atoms with van der Waals surface area (Å²) in [6.07, 6.45) is 0. The topological polar surface area (TPSA) is 62.3 Å². The van der Waals surface area contributed by atoms with Gasteiger partial charge in [-0.3, -0.25) is 9.59 Å². The van der Waals surface area contributed by atoms with Crippen molar-refractivity contribution in [1.82, 2.24) is 9.88 Å². The lowest BCUT2D eigenvalue weighted by atomic mass is 10.1. The minimum Gasteiger partial charge on any atom is -0.324 e. The maximum absolute atomic E-state index is 14.0. The second kappa shape index (κ2) is 8.57. The summed E-state index contributed by atoms with van der Waals surface area (Å²) in [5, 5.41) is 5.02. The molecule has 3 aromatic rings. The summed E-state index contributed by atoms with van der Waals surface area (Å²) in [7, 11) is 0. The van der Waals surface area contributed by atoms with Crippen LogP contribution in [0.15, 0.2) is 47.8 Å². The fourth-order valence-electron chi connectivity index (χ4n) is 3.24. The fraction of sp³-hybridized carbons (Fsp3) is 0.227. The Morgan fingerprint density at radius 1 is 1.17 bits per heavy atom. The molecular formula is C22H20FN3O2S2. The molecule has 8 heteroatoms. The Bertz CT molecular complexity index is 1120. The fourth-order valence-corrected chi connectivity index (χ4v) is 5.21. The SMILES string of the molecule is Cc1cccc(NC(=O)C2CSCN2C(=O)c2csc(-c3ccccc3F)n2)c1C. The van der Waals surface area contributed by atoms with Gasteiger partial charge >= 0.3 is 0 Å². The molecule has 2 aromatic carbocycles. The molecule has 1 atom stereocenters. The molecule has 1 N–H and O–H groups in total. The van der Waals surface area contributed by atoms with Crippen LogP contribution < -0.4 is 5.32 Å². The van der Waals surface area contributed by atoms with E-state index in [1.807, 2.05) is 32.0 Å². The third-order valence-electron chi connectivity index (χ3n) is 5.14. The lowest BCUT2D eigenvalue weighted by Crippen LogP contribution is -2.44. The number of amides is 2. The molecule has 0 radical (unpaired) electrons. The van der Waals surface area contributed by atoms with E-state index < -0.39 is 6.04 Å². The molecule has 1 aliphatic rings. The monoisotopic (exact) mass is 441 g/mol. The minimum absolute atomic E-state index is 0.216. The van der Waals surface area contributed by atoms with Gasteiger partial charge in [-0.1, -0.05) is 24.3 Å². The second-order valence-corrected chi connectivity index (χ2v) is 8.90. The van der Waals surface area contributed by atoms with E-state index in [2.05, 4.69) is 10.3 Å². The highest BCUT2D eigenvalue weighted by Gasteiger charge is 2.36. The van der Waals surface area contributed by atoms with E-state index in [4.69, 9.17) is 0 Å². The van der Waals surface area contributed by atoms with Gasteiger partial charge in [0.25, 0.3) is 5.91 Å². The highest BCUT2D eigenvalue weighted by atomic mass is 32.2. The van der Waals surface area contributed by atoms with Gasteiger partial charge in [-0.05, 0) is 43.2 Å². The van der Waals surface area contributed by atoms with Crippen molar-refractivity contribution < 1.29 is 14.0 Å². The van der Waals surface area contributed by atoms with Crippen LogP contribution in [0.2, 0.25) is 0 Å². The molecule has 5 nitrogen and oxygen atoms in total. The number of carbonyl (C=O) groups excluding carboxylic acids is 2. The highest BCUT2D eigenvalue weighted by molar-refractivity contribution is 7.99.